The van der Waals surface area contributed by atoms with Crippen molar-refractivity contribution < 1.29 is 5.11 Å². The molecule has 5 rings (SSSR count). The maximum absolute atomic E-state index is 9.70. The molecule has 1 saturated carbocycles. The number of aromatic nitrogens is 6. The number of rotatable bonds is 3. The third-order valence-corrected chi connectivity index (χ3v) is 5.05. The van der Waals surface area contributed by atoms with Gasteiger partial charge < -0.3 is 10.4 Å². The Labute approximate surface area is 172 Å². The van der Waals surface area contributed by atoms with Crippen LogP contribution in [0.5, 0.6) is 0 Å². The maximum atomic E-state index is 9.70. The van der Waals surface area contributed by atoms with E-state index >= 15 is 0 Å². The van der Waals surface area contributed by atoms with Gasteiger partial charge in [-0.15, -0.1) is 0 Å². The SMILES string of the molecule is O[C@H]1CC[C@@H](Nc2nccc(-c3nccc(C#Cc4ccc5[nH]ncc5c4)n3)n2)C1. The lowest BCUT2D eigenvalue weighted by molar-refractivity contribution is 0.182. The first kappa shape index (κ1) is 18.2. The molecule has 1 fully saturated rings. The highest BCUT2D eigenvalue weighted by atomic mass is 16.3. The lowest BCUT2D eigenvalue weighted by atomic mass is 10.1. The van der Waals surface area contributed by atoms with Crippen molar-refractivity contribution in [3.05, 3.63) is 60.2 Å². The monoisotopic (exact) mass is 397 g/mol. The second kappa shape index (κ2) is 7.89. The average molecular weight is 397 g/mol. The number of nitrogens with zero attached hydrogens (tertiary/aromatic N) is 5. The fraction of sp³-hybridized carbons (Fsp3) is 0.227. The van der Waals surface area contributed by atoms with E-state index in [0.717, 1.165) is 29.3 Å². The molecule has 0 aliphatic heterocycles. The Bertz CT molecular complexity index is 1260. The molecule has 8 nitrogen and oxygen atoms in total. The summed E-state index contributed by atoms with van der Waals surface area (Å²) in [5.41, 5.74) is 3.09. The van der Waals surface area contributed by atoms with Crippen molar-refractivity contribution in [3.63, 3.8) is 0 Å². The molecule has 0 amide bonds. The van der Waals surface area contributed by atoms with Crippen molar-refractivity contribution in [2.75, 3.05) is 5.32 Å². The summed E-state index contributed by atoms with van der Waals surface area (Å²) in [6.07, 6.45) is 7.29. The molecule has 1 aliphatic carbocycles. The summed E-state index contributed by atoms with van der Waals surface area (Å²) in [6, 6.07) is 9.60. The highest BCUT2D eigenvalue weighted by molar-refractivity contribution is 5.79. The molecule has 1 aromatic carbocycles. The van der Waals surface area contributed by atoms with Crippen LogP contribution in [-0.2, 0) is 0 Å². The first-order valence-corrected chi connectivity index (χ1v) is 9.79. The molecule has 4 aromatic rings. The lowest BCUT2D eigenvalue weighted by Gasteiger charge is -2.12. The molecule has 0 radical (unpaired) electrons. The topological polar surface area (TPSA) is 112 Å². The van der Waals surface area contributed by atoms with Crippen molar-refractivity contribution in [2.45, 2.75) is 31.4 Å². The number of fused-ring (bicyclic) bond motifs is 1. The van der Waals surface area contributed by atoms with Gasteiger partial charge >= 0.3 is 0 Å². The molecule has 3 aromatic heterocycles. The van der Waals surface area contributed by atoms with Crippen LogP contribution in [0.25, 0.3) is 22.4 Å². The van der Waals surface area contributed by atoms with E-state index in [1.165, 1.54) is 0 Å². The molecule has 30 heavy (non-hydrogen) atoms. The number of aliphatic hydroxyl groups excluding tert-OH is 1. The first-order chi connectivity index (χ1) is 14.7. The van der Waals surface area contributed by atoms with E-state index in [9.17, 15) is 5.11 Å². The van der Waals surface area contributed by atoms with Gasteiger partial charge in [0.1, 0.15) is 11.4 Å². The van der Waals surface area contributed by atoms with Gasteiger partial charge in [0, 0.05) is 29.4 Å². The zero-order valence-electron chi connectivity index (χ0n) is 16.1. The Morgan fingerprint density at radius 3 is 2.87 bits per heavy atom. The van der Waals surface area contributed by atoms with Crippen LogP contribution in [0.1, 0.15) is 30.5 Å². The van der Waals surface area contributed by atoms with Crippen LogP contribution < -0.4 is 5.32 Å². The largest absolute Gasteiger partial charge is 0.393 e. The molecule has 2 atom stereocenters. The van der Waals surface area contributed by atoms with Crippen molar-refractivity contribution >= 4 is 16.9 Å². The van der Waals surface area contributed by atoms with Crippen LogP contribution in [-0.4, -0.2) is 47.4 Å². The van der Waals surface area contributed by atoms with Gasteiger partial charge in [-0.2, -0.15) is 5.10 Å². The molecule has 0 spiro atoms. The summed E-state index contributed by atoms with van der Waals surface area (Å²) in [4.78, 5) is 17.7. The van der Waals surface area contributed by atoms with Gasteiger partial charge in [0.05, 0.1) is 17.8 Å². The zero-order valence-corrected chi connectivity index (χ0v) is 16.1. The van der Waals surface area contributed by atoms with Gasteiger partial charge in [0.15, 0.2) is 5.82 Å². The number of nitrogens with one attached hydrogen (secondary N) is 2. The van der Waals surface area contributed by atoms with Crippen molar-refractivity contribution in [1.82, 2.24) is 30.1 Å². The van der Waals surface area contributed by atoms with Crippen LogP contribution in [0.4, 0.5) is 5.95 Å². The van der Waals surface area contributed by atoms with Crippen LogP contribution in [0, 0.1) is 11.8 Å². The van der Waals surface area contributed by atoms with E-state index in [1.807, 2.05) is 18.2 Å². The van der Waals surface area contributed by atoms with Gasteiger partial charge in [-0.25, -0.2) is 19.9 Å². The molecular weight excluding hydrogens is 378 g/mol. The summed E-state index contributed by atoms with van der Waals surface area (Å²) in [5, 5.41) is 20.9. The predicted molar refractivity (Wildman–Crippen MR) is 112 cm³/mol. The zero-order chi connectivity index (χ0) is 20.3. The summed E-state index contributed by atoms with van der Waals surface area (Å²) in [5.74, 6) is 7.23. The van der Waals surface area contributed by atoms with Crippen LogP contribution >= 0.6 is 0 Å². The number of anilines is 1. The second-order valence-electron chi connectivity index (χ2n) is 7.26. The van der Waals surface area contributed by atoms with Crippen molar-refractivity contribution in [1.29, 1.82) is 0 Å². The Morgan fingerprint density at radius 2 is 1.97 bits per heavy atom. The van der Waals surface area contributed by atoms with E-state index in [2.05, 4.69) is 47.3 Å². The van der Waals surface area contributed by atoms with Crippen molar-refractivity contribution in [2.24, 2.45) is 0 Å². The van der Waals surface area contributed by atoms with E-state index in [4.69, 9.17) is 0 Å². The molecule has 0 saturated heterocycles. The van der Waals surface area contributed by atoms with Gasteiger partial charge in [0.2, 0.25) is 5.95 Å². The molecule has 0 bridgehead atoms. The van der Waals surface area contributed by atoms with Crippen molar-refractivity contribution in [3.8, 4) is 23.4 Å². The molecule has 8 heteroatoms. The number of hydrogen-bond acceptors (Lipinski definition) is 7. The van der Waals surface area contributed by atoms with Gasteiger partial charge in [0.25, 0.3) is 0 Å². The number of hydrogen-bond donors (Lipinski definition) is 3. The fourth-order valence-electron chi connectivity index (χ4n) is 3.53. The molecule has 148 valence electrons. The number of aromatic amines is 1. The molecule has 3 heterocycles. The number of H-pyrrole nitrogens is 1. The Morgan fingerprint density at radius 1 is 1.03 bits per heavy atom. The molecule has 1 aliphatic rings. The van der Waals surface area contributed by atoms with E-state index in [1.54, 1.807) is 30.7 Å². The smallest absolute Gasteiger partial charge is 0.223 e. The highest BCUT2D eigenvalue weighted by Crippen LogP contribution is 2.22. The summed E-state index contributed by atoms with van der Waals surface area (Å²) >= 11 is 0. The Kier molecular flexibility index (Phi) is 4.79. The third-order valence-electron chi connectivity index (χ3n) is 5.05. The normalized spacial score (nSPS) is 18.2. The molecule has 3 N–H and O–H groups in total. The van der Waals surface area contributed by atoms with Gasteiger partial charge in [-0.1, -0.05) is 5.92 Å². The maximum Gasteiger partial charge on any atom is 0.223 e. The number of benzene rings is 1. The molecular formula is C22H19N7O. The lowest BCUT2D eigenvalue weighted by Crippen LogP contribution is -2.18. The Hall–Kier alpha value is -3.83. The third kappa shape index (κ3) is 3.97. The first-order valence-electron chi connectivity index (χ1n) is 9.79. The Balaban J connectivity index is 1.37. The minimum atomic E-state index is -0.251. The second-order valence-corrected chi connectivity index (χ2v) is 7.26. The van der Waals surface area contributed by atoms with E-state index < -0.39 is 0 Å². The van der Waals surface area contributed by atoms with Crippen LogP contribution in [0.2, 0.25) is 0 Å². The van der Waals surface area contributed by atoms with Crippen LogP contribution in [0.15, 0.2) is 48.9 Å². The quantitative estimate of drug-likeness (QED) is 0.455. The van der Waals surface area contributed by atoms with E-state index in [-0.39, 0.29) is 12.1 Å². The molecule has 0 unspecified atom stereocenters. The summed E-state index contributed by atoms with van der Waals surface area (Å²) in [7, 11) is 0. The highest BCUT2D eigenvalue weighted by Gasteiger charge is 2.23. The summed E-state index contributed by atoms with van der Waals surface area (Å²) in [6.45, 7) is 0. The van der Waals surface area contributed by atoms with Gasteiger partial charge in [-0.05, 0) is 55.5 Å². The van der Waals surface area contributed by atoms with E-state index in [0.29, 0.717) is 29.6 Å². The minimum absolute atomic E-state index is 0.181. The fourth-order valence-corrected chi connectivity index (χ4v) is 3.53. The van der Waals surface area contributed by atoms with Crippen LogP contribution in [0.3, 0.4) is 0 Å². The minimum Gasteiger partial charge on any atom is -0.393 e. The standard InChI is InChI=1S/C22H19N7O/c30-18-5-4-17(12-18)27-22-24-10-8-20(28-22)21-23-9-7-16(26-21)3-1-14-2-6-19-15(11-14)13-25-29-19/h2,6-11,13,17-18,30H,4-5,12H2,(H,25,29)(H,24,27,28)/t17-,18+/m1/s1. The number of aliphatic hydroxyl groups is 1. The average Bonchev–Trinajstić information content (AvgIpc) is 3.41. The predicted octanol–water partition coefficient (Wildman–Crippen LogP) is 2.54. The summed E-state index contributed by atoms with van der Waals surface area (Å²) < 4.78 is 0. The van der Waals surface area contributed by atoms with Gasteiger partial charge in [-0.3, -0.25) is 5.10 Å².